The molecule has 0 aromatic heterocycles. The maximum atomic E-state index is 11.4. The number of allylic oxidation sites excluding steroid dienone is 2. The first-order chi connectivity index (χ1) is 9.90. The first-order valence-electron chi connectivity index (χ1n) is 6.55. The first kappa shape index (κ1) is 15.3. The summed E-state index contributed by atoms with van der Waals surface area (Å²) < 4.78 is 0. The van der Waals surface area contributed by atoms with Gasteiger partial charge in [0.1, 0.15) is 0 Å². The lowest BCUT2D eigenvalue weighted by Crippen LogP contribution is -2.48. The van der Waals surface area contributed by atoms with E-state index in [1.165, 1.54) is 6.92 Å². The highest BCUT2D eigenvalue weighted by Gasteiger charge is 2.33. The molecule has 5 heteroatoms. The van der Waals surface area contributed by atoms with E-state index in [-0.39, 0.29) is 12.3 Å². The number of hydrogen-bond acceptors (Lipinski definition) is 2. The fraction of sp³-hybridized carbons (Fsp3) is 0.250. The molecule has 0 fully saturated rings. The number of carboxylic acid groups (broad SMARTS) is 1. The van der Waals surface area contributed by atoms with Crippen molar-refractivity contribution >= 4 is 29.1 Å². The molecule has 0 saturated heterocycles. The van der Waals surface area contributed by atoms with Crippen molar-refractivity contribution in [3.63, 3.8) is 0 Å². The van der Waals surface area contributed by atoms with Gasteiger partial charge in [0.15, 0.2) is 0 Å². The lowest BCUT2D eigenvalue weighted by Gasteiger charge is -2.33. The predicted molar refractivity (Wildman–Crippen MR) is 82.0 cm³/mol. The van der Waals surface area contributed by atoms with E-state index >= 15 is 0 Å². The van der Waals surface area contributed by atoms with Crippen molar-refractivity contribution in [2.24, 2.45) is 0 Å². The van der Waals surface area contributed by atoms with Crippen molar-refractivity contribution in [3.8, 4) is 0 Å². The Labute approximate surface area is 128 Å². The summed E-state index contributed by atoms with van der Waals surface area (Å²) in [5.74, 6) is -1.20. The van der Waals surface area contributed by atoms with Gasteiger partial charge in [-0.25, -0.2) is 0 Å². The molecule has 1 aromatic carbocycles. The van der Waals surface area contributed by atoms with Crippen molar-refractivity contribution in [3.05, 3.63) is 53.1 Å². The average Bonchev–Trinajstić information content (AvgIpc) is 2.37. The molecule has 1 aliphatic rings. The zero-order valence-corrected chi connectivity index (χ0v) is 12.4. The molecule has 1 aliphatic carbocycles. The van der Waals surface area contributed by atoms with E-state index in [1.54, 1.807) is 24.3 Å². The summed E-state index contributed by atoms with van der Waals surface area (Å²) in [6.07, 6.45) is 5.71. The molecular formula is C16H16ClNO3. The second kappa shape index (κ2) is 6.14. The third-order valence-electron chi connectivity index (χ3n) is 3.33. The highest BCUT2D eigenvalue weighted by Crippen LogP contribution is 2.32. The monoisotopic (exact) mass is 305 g/mol. The van der Waals surface area contributed by atoms with Crippen molar-refractivity contribution in [1.82, 2.24) is 5.32 Å². The van der Waals surface area contributed by atoms with Crippen LogP contribution in [0.1, 0.15) is 25.3 Å². The molecule has 1 aromatic rings. The van der Waals surface area contributed by atoms with Gasteiger partial charge in [-0.3, -0.25) is 9.59 Å². The number of carbonyl (C=O) groups is 2. The highest BCUT2D eigenvalue weighted by molar-refractivity contribution is 6.30. The summed E-state index contributed by atoms with van der Waals surface area (Å²) >= 11 is 5.88. The van der Waals surface area contributed by atoms with Crippen LogP contribution in [0.4, 0.5) is 0 Å². The number of aliphatic carboxylic acids is 1. The van der Waals surface area contributed by atoms with E-state index in [2.05, 4.69) is 5.32 Å². The molecule has 2 N–H and O–H groups in total. The maximum Gasteiger partial charge on any atom is 0.306 e. The van der Waals surface area contributed by atoms with Gasteiger partial charge in [-0.05, 0) is 23.3 Å². The quantitative estimate of drug-likeness (QED) is 0.898. The number of benzene rings is 1. The van der Waals surface area contributed by atoms with Crippen molar-refractivity contribution < 1.29 is 14.7 Å². The van der Waals surface area contributed by atoms with Crippen LogP contribution in [0.15, 0.2) is 42.5 Å². The molecule has 0 bridgehead atoms. The fourth-order valence-corrected chi connectivity index (χ4v) is 2.67. The molecule has 2 rings (SSSR count). The number of carboxylic acids is 1. The molecule has 0 spiro atoms. The molecule has 0 saturated carbocycles. The number of nitrogens with one attached hydrogen (secondary N) is 1. The van der Waals surface area contributed by atoms with Crippen LogP contribution in [-0.2, 0) is 9.59 Å². The Bertz CT molecular complexity index is 601. The highest BCUT2D eigenvalue weighted by atomic mass is 35.5. The van der Waals surface area contributed by atoms with E-state index in [4.69, 9.17) is 16.7 Å². The lowest BCUT2D eigenvalue weighted by atomic mass is 9.81. The van der Waals surface area contributed by atoms with Gasteiger partial charge in [0.05, 0.1) is 12.0 Å². The van der Waals surface area contributed by atoms with Crippen LogP contribution < -0.4 is 5.32 Å². The second-order valence-electron chi connectivity index (χ2n) is 5.14. The van der Waals surface area contributed by atoms with Gasteiger partial charge in [0.2, 0.25) is 5.91 Å². The Kier molecular flexibility index (Phi) is 4.48. The number of carbonyl (C=O) groups excluding carboxylic acids is 1. The van der Waals surface area contributed by atoms with Gasteiger partial charge in [0, 0.05) is 18.4 Å². The van der Waals surface area contributed by atoms with Gasteiger partial charge in [-0.15, -0.1) is 0 Å². The normalized spacial score (nSPS) is 20.8. The summed E-state index contributed by atoms with van der Waals surface area (Å²) in [6, 6.07) is 7.33. The van der Waals surface area contributed by atoms with Crippen molar-refractivity contribution in [2.45, 2.75) is 25.3 Å². The van der Waals surface area contributed by atoms with E-state index in [0.717, 1.165) is 11.1 Å². The summed E-state index contributed by atoms with van der Waals surface area (Å²) in [6.45, 7) is 1.39. The standard InChI is InChI=1S/C16H16ClNO3/c1-11(19)18-16(10-15(20)21)8-2-3-13(9-16)12-4-6-14(17)7-5-12/h2-8H,9-10H2,1H3,(H,18,19)(H,20,21). The Morgan fingerprint density at radius 3 is 2.57 bits per heavy atom. The average molecular weight is 306 g/mol. The Balaban J connectivity index is 2.29. The lowest BCUT2D eigenvalue weighted by molar-refractivity contribution is -0.138. The molecule has 1 unspecified atom stereocenters. The second-order valence-corrected chi connectivity index (χ2v) is 5.58. The number of amides is 1. The molecular weight excluding hydrogens is 290 g/mol. The Hall–Kier alpha value is -2.07. The Morgan fingerprint density at radius 2 is 2.00 bits per heavy atom. The van der Waals surface area contributed by atoms with Gasteiger partial charge in [-0.2, -0.15) is 0 Å². The molecule has 110 valence electrons. The minimum absolute atomic E-state index is 0.159. The van der Waals surface area contributed by atoms with Crippen LogP contribution >= 0.6 is 11.6 Å². The van der Waals surface area contributed by atoms with Gasteiger partial charge in [0.25, 0.3) is 0 Å². The molecule has 4 nitrogen and oxygen atoms in total. The molecule has 0 radical (unpaired) electrons. The third-order valence-corrected chi connectivity index (χ3v) is 3.58. The number of hydrogen-bond donors (Lipinski definition) is 2. The summed E-state index contributed by atoms with van der Waals surface area (Å²) in [4.78, 5) is 22.5. The topological polar surface area (TPSA) is 66.4 Å². The van der Waals surface area contributed by atoms with E-state index in [1.807, 2.05) is 18.2 Å². The third kappa shape index (κ3) is 3.95. The minimum atomic E-state index is -0.953. The maximum absolute atomic E-state index is 11.4. The van der Waals surface area contributed by atoms with E-state index in [0.29, 0.717) is 11.4 Å². The minimum Gasteiger partial charge on any atom is -0.481 e. The van der Waals surface area contributed by atoms with Crippen molar-refractivity contribution in [2.75, 3.05) is 0 Å². The summed E-state index contributed by atoms with van der Waals surface area (Å²) in [7, 11) is 0. The van der Waals surface area contributed by atoms with Crippen molar-refractivity contribution in [1.29, 1.82) is 0 Å². The van der Waals surface area contributed by atoms with Crippen LogP contribution in [0.3, 0.4) is 0 Å². The molecule has 0 aliphatic heterocycles. The predicted octanol–water partition coefficient (Wildman–Crippen LogP) is 3.03. The molecule has 1 atom stereocenters. The van der Waals surface area contributed by atoms with Crippen LogP contribution in [0, 0.1) is 0 Å². The fourth-order valence-electron chi connectivity index (χ4n) is 2.54. The van der Waals surface area contributed by atoms with Crippen LogP contribution in [-0.4, -0.2) is 22.5 Å². The largest absolute Gasteiger partial charge is 0.481 e. The molecule has 0 heterocycles. The smallest absolute Gasteiger partial charge is 0.306 e. The van der Waals surface area contributed by atoms with Gasteiger partial charge in [-0.1, -0.05) is 42.0 Å². The van der Waals surface area contributed by atoms with Crippen LogP contribution in [0.2, 0.25) is 5.02 Å². The number of halogens is 1. The Morgan fingerprint density at radius 1 is 1.33 bits per heavy atom. The number of rotatable bonds is 4. The first-order valence-corrected chi connectivity index (χ1v) is 6.93. The molecule has 21 heavy (non-hydrogen) atoms. The van der Waals surface area contributed by atoms with E-state index < -0.39 is 11.5 Å². The van der Waals surface area contributed by atoms with Gasteiger partial charge >= 0.3 is 5.97 Å². The summed E-state index contributed by atoms with van der Waals surface area (Å²) in [5, 5.41) is 12.5. The SMILES string of the molecule is CC(=O)NC1(CC(=O)O)C=CC=C(c2ccc(Cl)cc2)C1. The zero-order valence-electron chi connectivity index (χ0n) is 11.6. The van der Waals surface area contributed by atoms with E-state index in [9.17, 15) is 9.59 Å². The summed E-state index contributed by atoms with van der Waals surface area (Å²) in [5.41, 5.74) is 1.04. The van der Waals surface area contributed by atoms with Crippen LogP contribution in [0.5, 0.6) is 0 Å². The zero-order chi connectivity index (χ0) is 15.5. The van der Waals surface area contributed by atoms with Gasteiger partial charge < -0.3 is 10.4 Å². The van der Waals surface area contributed by atoms with Crippen LogP contribution in [0.25, 0.3) is 5.57 Å². The molecule has 1 amide bonds.